The number of aryl methyl sites for hydroxylation is 1. The lowest BCUT2D eigenvalue weighted by Gasteiger charge is -2.31. The maximum absolute atomic E-state index is 12.8. The van der Waals surface area contributed by atoms with Crippen LogP contribution in [-0.2, 0) is 16.6 Å². The number of thiazole rings is 1. The summed E-state index contributed by atoms with van der Waals surface area (Å²) in [4.78, 5) is 14.4. The van der Waals surface area contributed by atoms with Crippen LogP contribution in [0, 0.1) is 0 Å². The fraction of sp³-hybridized carbons (Fsp3) is 0.533. The third-order valence-corrected chi connectivity index (χ3v) is 7.02. The molecule has 0 bridgehead atoms. The maximum Gasteiger partial charge on any atom is 0.308 e. The monoisotopic (exact) mass is 355 g/mol. The number of hydrogen-bond donors (Lipinski definition) is 0. The highest BCUT2D eigenvalue weighted by molar-refractivity contribution is 7.89. The Kier molecular flexibility index (Phi) is 4.59. The standard InChI is InChI=1S/C15H21N3O3S2/c1-3-6-18-13-5-4-12(11-14(13)22-15(18)19)23(20,21)17-9-7-16(2)8-10-17/h4-5,11H,3,6-10H2,1-2H3. The molecule has 126 valence electrons. The Hall–Kier alpha value is -1.22. The van der Waals surface area contributed by atoms with Gasteiger partial charge in [0.2, 0.25) is 10.0 Å². The first-order valence-electron chi connectivity index (χ1n) is 7.75. The highest BCUT2D eigenvalue weighted by Gasteiger charge is 2.27. The molecule has 1 aliphatic heterocycles. The van der Waals surface area contributed by atoms with Gasteiger partial charge in [0.05, 0.1) is 15.1 Å². The predicted molar refractivity (Wildman–Crippen MR) is 92.6 cm³/mol. The van der Waals surface area contributed by atoms with Gasteiger partial charge in [-0.25, -0.2) is 8.42 Å². The van der Waals surface area contributed by atoms with Gasteiger partial charge in [-0.3, -0.25) is 9.36 Å². The summed E-state index contributed by atoms with van der Waals surface area (Å²) in [6, 6.07) is 5.02. The van der Waals surface area contributed by atoms with Crippen molar-refractivity contribution >= 4 is 31.6 Å². The van der Waals surface area contributed by atoms with Crippen molar-refractivity contribution in [1.82, 2.24) is 13.8 Å². The van der Waals surface area contributed by atoms with E-state index in [1.165, 1.54) is 4.31 Å². The number of piperazine rings is 1. The average molecular weight is 355 g/mol. The second kappa shape index (κ2) is 6.35. The zero-order valence-electron chi connectivity index (χ0n) is 13.4. The normalized spacial score (nSPS) is 17.8. The molecule has 6 nitrogen and oxygen atoms in total. The second-order valence-corrected chi connectivity index (χ2v) is 8.79. The van der Waals surface area contributed by atoms with E-state index >= 15 is 0 Å². The lowest BCUT2D eigenvalue weighted by molar-refractivity contribution is 0.222. The molecular weight excluding hydrogens is 334 g/mol. The van der Waals surface area contributed by atoms with Crippen LogP contribution in [0.25, 0.3) is 10.2 Å². The fourth-order valence-electron chi connectivity index (χ4n) is 2.82. The van der Waals surface area contributed by atoms with E-state index < -0.39 is 10.0 Å². The lowest BCUT2D eigenvalue weighted by Crippen LogP contribution is -2.46. The van der Waals surface area contributed by atoms with Crippen LogP contribution in [0.15, 0.2) is 27.9 Å². The number of rotatable bonds is 4. The fourth-order valence-corrected chi connectivity index (χ4v) is 5.30. The molecule has 8 heteroatoms. The summed E-state index contributed by atoms with van der Waals surface area (Å²) in [7, 11) is -1.50. The van der Waals surface area contributed by atoms with Crippen molar-refractivity contribution in [2.75, 3.05) is 33.2 Å². The van der Waals surface area contributed by atoms with Crippen molar-refractivity contribution in [1.29, 1.82) is 0 Å². The van der Waals surface area contributed by atoms with Crippen LogP contribution in [0.2, 0.25) is 0 Å². The molecule has 0 spiro atoms. The number of benzene rings is 1. The molecule has 0 amide bonds. The summed E-state index contributed by atoms with van der Waals surface area (Å²) < 4.78 is 29.5. The van der Waals surface area contributed by atoms with Crippen molar-refractivity contribution in [2.24, 2.45) is 0 Å². The summed E-state index contributed by atoms with van der Waals surface area (Å²) >= 11 is 1.11. The Bertz CT molecular complexity index is 862. The molecule has 0 N–H and O–H groups in total. The van der Waals surface area contributed by atoms with E-state index in [1.807, 2.05) is 14.0 Å². The van der Waals surface area contributed by atoms with Crippen molar-refractivity contribution in [2.45, 2.75) is 24.8 Å². The molecule has 0 radical (unpaired) electrons. The Morgan fingerprint density at radius 1 is 1.17 bits per heavy atom. The molecule has 2 aromatic rings. The summed E-state index contributed by atoms with van der Waals surface area (Å²) in [6.07, 6.45) is 0.868. The van der Waals surface area contributed by atoms with Gasteiger partial charge in [-0.05, 0) is 31.7 Å². The van der Waals surface area contributed by atoms with E-state index in [4.69, 9.17) is 0 Å². The van der Waals surface area contributed by atoms with Crippen LogP contribution in [-0.4, -0.2) is 55.4 Å². The first-order chi connectivity index (χ1) is 10.9. The summed E-state index contributed by atoms with van der Waals surface area (Å²) in [6.45, 7) is 5.16. The smallest absolute Gasteiger partial charge is 0.304 e. The van der Waals surface area contributed by atoms with Crippen LogP contribution in [0.3, 0.4) is 0 Å². The molecule has 1 aromatic heterocycles. The molecule has 0 aliphatic carbocycles. The molecule has 1 aliphatic rings. The Morgan fingerprint density at radius 3 is 2.52 bits per heavy atom. The van der Waals surface area contributed by atoms with Gasteiger partial charge in [0.1, 0.15) is 0 Å². The number of hydrogen-bond acceptors (Lipinski definition) is 5. The largest absolute Gasteiger partial charge is 0.308 e. The van der Waals surface area contributed by atoms with Crippen LogP contribution in [0.5, 0.6) is 0 Å². The first kappa shape index (κ1) is 16.6. The van der Waals surface area contributed by atoms with Crippen molar-refractivity contribution in [3.63, 3.8) is 0 Å². The molecule has 1 aromatic carbocycles. The Balaban J connectivity index is 1.98. The van der Waals surface area contributed by atoms with Gasteiger partial charge >= 0.3 is 4.87 Å². The van der Waals surface area contributed by atoms with Gasteiger partial charge < -0.3 is 4.90 Å². The molecule has 23 heavy (non-hydrogen) atoms. The summed E-state index contributed by atoms with van der Waals surface area (Å²) in [5, 5.41) is 0. The van der Waals surface area contributed by atoms with Crippen LogP contribution in [0.4, 0.5) is 0 Å². The molecule has 1 fully saturated rings. The maximum atomic E-state index is 12.8. The van der Waals surface area contributed by atoms with Crippen LogP contribution in [0.1, 0.15) is 13.3 Å². The number of likely N-dealkylation sites (N-methyl/N-ethyl adjacent to an activating group) is 1. The van der Waals surface area contributed by atoms with E-state index in [9.17, 15) is 13.2 Å². The van der Waals surface area contributed by atoms with Crippen molar-refractivity contribution in [3.8, 4) is 0 Å². The third-order valence-electron chi connectivity index (χ3n) is 4.19. The number of aromatic nitrogens is 1. The number of sulfonamides is 1. The van der Waals surface area contributed by atoms with Gasteiger partial charge in [-0.15, -0.1) is 0 Å². The molecule has 0 atom stereocenters. The van der Waals surface area contributed by atoms with Crippen molar-refractivity contribution in [3.05, 3.63) is 27.9 Å². The van der Waals surface area contributed by atoms with E-state index in [1.54, 1.807) is 22.8 Å². The molecule has 1 saturated heterocycles. The third kappa shape index (κ3) is 3.08. The van der Waals surface area contributed by atoms with Gasteiger partial charge in [0.15, 0.2) is 0 Å². The topological polar surface area (TPSA) is 62.6 Å². The van der Waals surface area contributed by atoms with Crippen LogP contribution >= 0.6 is 11.3 Å². The zero-order valence-corrected chi connectivity index (χ0v) is 15.0. The number of nitrogens with zero attached hydrogens (tertiary/aromatic N) is 3. The lowest BCUT2D eigenvalue weighted by atomic mass is 10.3. The van der Waals surface area contributed by atoms with Crippen LogP contribution < -0.4 is 4.87 Å². The average Bonchev–Trinajstić information content (AvgIpc) is 2.83. The zero-order chi connectivity index (χ0) is 16.6. The van der Waals surface area contributed by atoms with Gasteiger partial charge in [0, 0.05) is 32.7 Å². The first-order valence-corrected chi connectivity index (χ1v) is 10.0. The minimum atomic E-state index is -3.49. The van der Waals surface area contributed by atoms with E-state index in [0.29, 0.717) is 19.6 Å². The minimum absolute atomic E-state index is 0.0315. The van der Waals surface area contributed by atoms with E-state index in [-0.39, 0.29) is 9.77 Å². The highest BCUT2D eigenvalue weighted by Crippen LogP contribution is 2.24. The molecule has 2 heterocycles. The second-order valence-electron chi connectivity index (χ2n) is 5.86. The highest BCUT2D eigenvalue weighted by atomic mass is 32.2. The number of fused-ring (bicyclic) bond motifs is 1. The van der Waals surface area contributed by atoms with Gasteiger partial charge in [-0.1, -0.05) is 18.3 Å². The predicted octanol–water partition coefficient (Wildman–Crippen LogP) is 1.41. The Labute approximate surface area is 140 Å². The van der Waals surface area contributed by atoms with E-state index in [0.717, 1.165) is 41.1 Å². The van der Waals surface area contributed by atoms with Crippen molar-refractivity contribution < 1.29 is 8.42 Å². The molecule has 0 saturated carbocycles. The van der Waals surface area contributed by atoms with Gasteiger partial charge in [0.25, 0.3) is 0 Å². The minimum Gasteiger partial charge on any atom is -0.304 e. The molecule has 0 unspecified atom stereocenters. The summed E-state index contributed by atoms with van der Waals surface area (Å²) in [5.41, 5.74) is 0.819. The Morgan fingerprint density at radius 2 is 1.87 bits per heavy atom. The van der Waals surface area contributed by atoms with E-state index in [2.05, 4.69) is 4.90 Å². The molecule has 3 rings (SSSR count). The quantitative estimate of drug-likeness (QED) is 0.832. The summed E-state index contributed by atoms with van der Waals surface area (Å²) in [5.74, 6) is 0. The SMILES string of the molecule is CCCn1c(=O)sc2cc(S(=O)(=O)N3CCN(C)CC3)ccc21. The van der Waals surface area contributed by atoms with Gasteiger partial charge in [-0.2, -0.15) is 4.31 Å². The molecular formula is C15H21N3O3S2.